The second-order valence-electron chi connectivity index (χ2n) is 5.18. The van der Waals surface area contributed by atoms with Crippen molar-refractivity contribution in [1.29, 1.82) is 5.26 Å². The molecule has 2 aromatic carbocycles. The number of para-hydroxylation sites is 1. The predicted octanol–water partition coefficient (Wildman–Crippen LogP) is 4.06. The SMILES string of the molecule is CC(Nc1ccc(C#N)cc1F)c1ccccc1-n1cccn1. The number of nitrogens with one attached hydrogen (secondary N) is 1. The Morgan fingerprint density at radius 1 is 1.22 bits per heavy atom. The van der Waals surface area contributed by atoms with Crippen molar-refractivity contribution in [1.82, 2.24) is 9.78 Å². The summed E-state index contributed by atoms with van der Waals surface area (Å²) in [6.45, 7) is 1.96. The topological polar surface area (TPSA) is 53.6 Å². The van der Waals surface area contributed by atoms with Gasteiger partial charge in [0.25, 0.3) is 0 Å². The van der Waals surface area contributed by atoms with Gasteiger partial charge in [0.15, 0.2) is 0 Å². The second kappa shape index (κ2) is 6.32. The van der Waals surface area contributed by atoms with E-state index in [-0.39, 0.29) is 6.04 Å². The number of nitrogens with zero attached hydrogens (tertiary/aromatic N) is 3. The lowest BCUT2D eigenvalue weighted by Crippen LogP contribution is -2.11. The Hall–Kier alpha value is -3.13. The summed E-state index contributed by atoms with van der Waals surface area (Å²) in [5, 5.41) is 16.2. The first kappa shape index (κ1) is 14.8. The van der Waals surface area contributed by atoms with E-state index in [1.165, 1.54) is 6.07 Å². The Balaban J connectivity index is 1.90. The van der Waals surface area contributed by atoms with E-state index in [1.807, 2.05) is 49.5 Å². The molecule has 0 aliphatic carbocycles. The van der Waals surface area contributed by atoms with Gasteiger partial charge in [-0.1, -0.05) is 18.2 Å². The van der Waals surface area contributed by atoms with Gasteiger partial charge in [0, 0.05) is 12.4 Å². The van der Waals surface area contributed by atoms with E-state index in [9.17, 15) is 4.39 Å². The minimum atomic E-state index is -0.438. The van der Waals surface area contributed by atoms with E-state index in [0.29, 0.717) is 11.3 Å². The largest absolute Gasteiger partial charge is 0.376 e. The number of halogens is 1. The normalized spacial score (nSPS) is 11.7. The number of benzene rings is 2. The molecule has 4 nitrogen and oxygen atoms in total. The first-order valence-corrected chi connectivity index (χ1v) is 7.24. The maximum absolute atomic E-state index is 14.1. The van der Waals surface area contributed by atoms with Crippen LogP contribution in [0.15, 0.2) is 60.9 Å². The highest BCUT2D eigenvalue weighted by atomic mass is 19.1. The van der Waals surface area contributed by atoms with Crippen molar-refractivity contribution in [3.8, 4) is 11.8 Å². The van der Waals surface area contributed by atoms with Gasteiger partial charge in [-0.3, -0.25) is 0 Å². The van der Waals surface area contributed by atoms with Gasteiger partial charge in [0.2, 0.25) is 0 Å². The Morgan fingerprint density at radius 2 is 2.04 bits per heavy atom. The molecule has 0 fully saturated rings. The zero-order valence-corrected chi connectivity index (χ0v) is 12.6. The quantitative estimate of drug-likeness (QED) is 0.791. The second-order valence-corrected chi connectivity index (χ2v) is 5.18. The van der Waals surface area contributed by atoms with Crippen molar-refractivity contribution in [2.24, 2.45) is 0 Å². The molecule has 0 spiro atoms. The maximum Gasteiger partial charge on any atom is 0.147 e. The minimum Gasteiger partial charge on any atom is -0.376 e. The van der Waals surface area contributed by atoms with Gasteiger partial charge in [-0.15, -0.1) is 0 Å². The number of aromatic nitrogens is 2. The number of hydrogen-bond donors (Lipinski definition) is 1. The average molecular weight is 306 g/mol. The fourth-order valence-corrected chi connectivity index (χ4v) is 2.49. The molecular formula is C18H15FN4. The molecule has 114 valence electrons. The highest BCUT2D eigenvalue weighted by molar-refractivity contribution is 5.52. The van der Waals surface area contributed by atoms with Crippen LogP contribution in [0.3, 0.4) is 0 Å². The van der Waals surface area contributed by atoms with E-state index < -0.39 is 5.82 Å². The Bertz CT molecular complexity index is 850. The fraction of sp³-hybridized carbons (Fsp3) is 0.111. The van der Waals surface area contributed by atoms with Gasteiger partial charge in [-0.2, -0.15) is 10.4 Å². The zero-order chi connectivity index (χ0) is 16.2. The molecule has 0 radical (unpaired) electrons. The molecule has 0 saturated heterocycles. The summed E-state index contributed by atoms with van der Waals surface area (Å²) in [6.07, 6.45) is 3.59. The van der Waals surface area contributed by atoms with Crippen molar-refractivity contribution < 1.29 is 4.39 Å². The standard InChI is InChI=1S/C18H15FN4/c1-13(22-17-8-7-14(12-20)11-16(17)19)15-5-2-3-6-18(15)23-10-4-9-21-23/h2-11,13,22H,1H3. The number of anilines is 1. The summed E-state index contributed by atoms with van der Waals surface area (Å²) < 4.78 is 15.8. The maximum atomic E-state index is 14.1. The van der Waals surface area contributed by atoms with Crippen LogP contribution in [0.5, 0.6) is 0 Å². The summed E-state index contributed by atoms with van der Waals surface area (Å²) in [5.41, 5.74) is 2.61. The molecule has 0 amide bonds. The van der Waals surface area contributed by atoms with Crippen molar-refractivity contribution >= 4 is 5.69 Å². The van der Waals surface area contributed by atoms with Crippen LogP contribution in [-0.2, 0) is 0 Å². The zero-order valence-electron chi connectivity index (χ0n) is 12.6. The smallest absolute Gasteiger partial charge is 0.147 e. The first-order valence-electron chi connectivity index (χ1n) is 7.24. The van der Waals surface area contributed by atoms with Gasteiger partial charge < -0.3 is 5.32 Å². The van der Waals surface area contributed by atoms with Crippen LogP contribution < -0.4 is 5.32 Å². The van der Waals surface area contributed by atoms with Crippen LogP contribution >= 0.6 is 0 Å². The number of hydrogen-bond acceptors (Lipinski definition) is 3. The molecule has 0 aliphatic rings. The molecule has 5 heteroatoms. The monoisotopic (exact) mass is 306 g/mol. The third-order valence-electron chi connectivity index (χ3n) is 3.62. The van der Waals surface area contributed by atoms with Crippen molar-refractivity contribution in [3.63, 3.8) is 0 Å². The summed E-state index contributed by atoms with van der Waals surface area (Å²) in [4.78, 5) is 0. The predicted molar refractivity (Wildman–Crippen MR) is 86.7 cm³/mol. The Morgan fingerprint density at radius 3 is 2.74 bits per heavy atom. The van der Waals surface area contributed by atoms with Crippen LogP contribution in [-0.4, -0.2) is 9.78 Å². The minimum absolute atomic E-state index is 0.127. The van der Waals surface area contributed by atoms with Gasteiger partial charge in [0.05, 0.1) is 29.0 Å². The molecule has 23 heavy (non-hydrogen) atoms. The van der Waals surface area contributed by atoms with Gasteiger partial charge >= 0.3 is 0 Å². The lowest BCUT2D eigenvalue weighted by molar-refractivity contribution is 0.627. The van der Waals surface area contributed by atoms with Crippen LogP contribution in [0, 0.1) is 17.1 Å². The van der Waals surface area contributed by atoms with Crippen LogP contribution in [0.2, 0.25) is 0 Å². The van der Waals surface area contributed by atoms with Gasteiger partial charge in [0.1, 0.15) is 5.82 Å². The van der Waals surface area contributed by atoms with Crippen LogP contribution in [0.25, 0.3) is 5.69 Å². The molecule has 3 rings (SSSR count). The summed E-state index contributed by atoms with van der Waals surface area (Å²) in [7, 11) is 0. The summed E-state index contributed by atoms with van der Waals surface area (Å²) >= 11 is 0. The molecule has 1 atom stereocenters. The lowest BCUT2D eigenvalue weighted by atomic mass is 10.1. The first-order chi connectivity index (χ1) is 11.2. The van der Waals surface area contributed by atoms with E-state index in [1.54, 1.807) is 23.0 Å². The molecular weight excluding hydrogens is 291 g/mol. The highest BCUT2D eigenvalue weighted by Crippen LogP contribution is 2.26. The van der Waals surface area contributed by atoms with E-state index in [2.05, 4.69) is 10.4 Å². The molecule has 1 unspecified atom stereocenters. The molecule has 3 aromatic rings. The third kappa shape index (κ3) is 3.06. The summed E-state index contributed by atoms with van der Waals surface area (Å²) in [5.74, 6) is -0.438. The van der Waals surface area contributed by atoms with Crippen LogP contribution in [0.4, 0.5) is 10.1 Å². The van der Waals surface area contributed by atoms with E-state index >= 15 is 0 Å². The van der Waals surface area contributed by atoms with E-state index in [4.69, 9.17) is 5.26 Å². The molecule has 0 saturated carbocycles. The van der Waals surface area contributed by atoms with Gasteiger partial charge in [-0.25, -0.2) is 9.07 Å². The van der Waals surface area contributed by atoms with E-state index in [0.717, 1.165) is 11.3 Å². The molecule has 1 heterocycles. The molecule has 1 N–H and O–H groups in total. The number of nitriles is 1. The summed E-state index contributed by atoms with van der Waals surface area (Å²) in [6, 6.07) is 15.9. The Labute approximate surface area is 133 Å². The highest BCUT2D eigenvalue weighted by Gasteiger charge is 2.13. The number of rotatable bonds is 4. The Kier molecular flexibility index (Phi) is 4.07. The lowest BCUT2D eigenvalue weighted by Gasteiger charge is -2.19. The molecule has 0 aliphatic heterocycles. The van der Waals surface area contributed by atoms with Gasteiger partial charge in [-0.05, 0) is 42.8 Å². The third-order valence-corrected chi connectivity index (χ3v) is 3.62. The van der Waals surface area contributed by atoms with Crippen molar-refractivity contribution in [2.45, 2.75) is 13.0 Å². The van der Waals surface area contributed by atoms with Crippen LogP contribution in [0.1, 0.15) is 24.1 Å². The molecule has 0 bridgehead atoms. The molecule has 1 aromatic heterocycles. The van der Waals surface area contributed by atoms with Crippen molar-refractivity contribution in [2.75, 3.05) is 5.32 Å². The van der Waals surface area contributed by atoms with Crippen molar-refractivity contribution in [3.05, 3.63) is 77.9 Å². The fourth-order valence-electron chi connectivity index (χ4n) is 2.49. The average Bonchev–Trinajstić information content (AvgIpc) is 3.11.